The van der Waals surface area contributed by atoms with Crippen LogP contribution in [0.25, 0.3) is 11.2 Å². The first kappa shape index (κ1) is 19.7. The molecule has 4 N–H and O–H groups in total. The molecule has 5 rings (SSSR count). The quantitative estimate of drug-likeness (QED) is 0.434. The number of nitrogens with two attached hydrogens (primary N) is 1. The van der Waals surface area contributed by atoms with Crippen molar-refractivity contribution < 1.29 is 0 Å². The number of H-pyrrole nitrogens is 1. The summed E-state index contributed by atoms with van der Waals surface area (Å²) in [6, 6.07) is 21.7. The van der Waals surface area contributed by atoms with Crippen molar-refractivity contribution >= 4 is 17.0 Å². The minimum absolute atomic E-state index is 0.149. The van der Waals surface area contributed by atoms with Gasteiger partial charge in [0, 0.05) is 12.0 Å². The average Bonchev–Trinajstić information content (AvgIpc) is 3.34. The predicted molar refractivity (Wildman–Crippen MR) is 124 cm³/mol. The molecule has 0 bridgehead atoms. The van der Waals surface area contributed by atoms with E-state index in [2.05, 4.69) is 88.1 Å². The van der Waals surface area contributed by atoms with Gasteiger partial charge in [0.05, 0.1) is 0 Å². The van der Waals surface area contributed by atoms with Crippen LogP contribution in [0.4, 0.5) is 5.82 Å². The molecule has 1 unspecified atom stereocenters. The van der Waals surface area contributed by atoms with Crippen molar-refractivity contribution in [3.63, 3.8) is 0 Å². The summed E-state index contributed by atoms with van der Waals surface area (Å²) in [7, 11) is 0. The zero-order valence-electron chi connectivity index (χ0n) is 18.0. The van der Waals surface area contributed by atoms with E-state index in [0.29, 0.717) is 17.5 Å². The fourth-order valence-corrected chi connectivity index (χ4v) is 5.06. The molecule has 0 saturated heterocycles. The third-order valence-electron chi connectivity index (χ3n) is 6.52. The monoisotopic (exact) mass is 412 g/mol. The van der Waals surface area contributed by atoms with E-state index < -0.39 is 0 Å². The highest BCUT2D eigenvalue weighted by Gasteiger charge is 2.36. The number of aromatic nitrogens is 4. The number of pyridine rings is 1. The Morgan fingerprint density at radius 2 is 1.87 bits per heavy atom. The molecule has 2 atom stereocenters. The molecule has 0 aliphatic heterocycles. The molecule has 0 fully saturated rings. The second kappa shape index (κ2) is 7.78. The van der Waals surface area contributed by atoms with Gasteiger partial charge in [0.2, 0.25) is 5.65 Å². The normalized spacial score (nSPS) is 18.2. The zero-order chi connectivity index (χ0) is 21.4. The number of anilines is 1. The lowest BCUT2D eigenvalue weighted by Gasteiger charge is -2.22. The van der Waals surface area contributed by atoms with Crippen molar-refractivity contribution in [1.29, 1.82) is 0 Å². The van der Waals surface area contributed by atoms with E-state index in [1.54, 1.807) is 0 Å². The van der Waals surface area contributed by atoms with Crippen molar-refractivity contribution in [2.24, 2.45) is 0 Å². The van der Waals surface area contributed by atoms with E-state index in [1.807, 2.05) is 12.1 Å². The number of hydrogen-bond donors (Lipinski definition) is 3. The SMILES string of the molecule is CC1(C)C[C@H](NCCC(c2ccccc2)c2cc(N)nc3n[nH]nc23)c2ccccc21. The molecular weight excluding hydrogens is 384 g/mol. The van der Waals surface area contributed by atoms with Crippen LogP contribution >= 0.6 is 0 Å². The Bertz CT molecular complexity index is 1200. The maximum atomic E-state index is 6.10. The van der Waals surface area contributed by atoms with Crippen molar-refractivity contribution in [2.75, 3.05) is 12.3 Å². The lowest BCUT2D eigenvalue weighted by atomic mass is 9.86. The average molecular weight is 413 g/mol. The third-order valence-corrected chi connectivity index (χ3v) is 6.52. The number of benzene rings is 2. The van der Waals surface area contributed by atoms with Crippen molar-refractivity contribution in [3.05, 3.63) is 82.9 Å². The molecule has 0 saturated carbocycles. The van der Waals surface area contributed by atoms with E-state index in [1.165, 1.54) is 16.7 Å². The summed E-state index contributed by atoms with van der Waals surface area (Å²) in [6.07, 6.45) is 2.03. The van der Waals surface area contributed by atoms with Gasteiger partial charge in [-0.25, -0.2) is 4.98 Å². The molecule has 158 valence electrons. The molecular formula is C25H28N6. The topological polar surface area (TPSA) is 92.5 Å². The number of nitrogens with one attached hydrogen (secondary N) is 2. The minimum Gasteiger partial charge on any atom is -0.384 e. The molecule has 6 nitrogen and oxygen atoms in total. The Morgan fingerprint density at radius 3 is 2.71 bits per heavy atom. The second-order valence-electron chi connectivity index (χ2n) is 9.07. The summed E-state index contributed by atoms with van der Waals surface area (Å²) in [4.78, 5) is 4.31. The lowest BCUT2D eigenvalue weighted by Crippen LogP contribution is -2.24. The minimum atomic E-state index is 0.149. The number of rotatable bonds is 6. The van der Waals surface area contributed by atoms with Crippen LogP contribution in [-0.2, 0) is 5.41 Å². The number of nitrogen functional groups attached to an aromatic ring is 1. The number of fused-ring (bicyclic) bond motifs is 2. The maximum Gasteiger partial charge on any atom is 0.203 e. The molecule has 1 aliphatic rings. The zero-order valence-corrected chi connectivity index (χ0v) is 18.0. The smallest absolute Gasteiger partial charge is 0.203 e. The molecule has 0 amide bonds. The lowest BCUT2D eigenvalue weighted by molar-refractivity contribution is 0.422. The van der Waals surface area contributed by atoms with E-state index in [0.717, 1.165) is 30.5 Å². The number of hydrogen-bond acceptors (Lipinski definition) is 5. The summed E-state index contributed by atoms with van der Waals surface area (Å²) >= 11 is 0. The van der Waals surface area contributed by atoms with Gasteiger partial charge >= 0.3 is 0 Å². The van der Waals surface area contributed by atoms with E-state index in [4.69, 9.17) is 5.73 Å². The Labute approximate surface area is 182 Å². The highest BCUT2D eigenvalue weighted by molar-refractivity contribution is 5.77. The molecule has 0 spiro atoms. The van der Waals surface area contributed by atoms with Crippen LogP contribution in [0.1, 0.15) is 60.9 Å². The Balaban J connectivity index is 1.41. The van der Waals surface area contributed by atoms with Gasteiger partial charge in [-0.15, -0.1) is 5.10 Å². The van der Waals surface area contributed by atoms with Crippen LogP contribution in [0, 0.1) is 0 Å². The summed E-state index contributed by atoms with van der Waals surface area (Å²) in [5.74, 6) is 0.619. The highest BCUT2D eigenvalue weighted by Crippen LogP contribution is 2.44. The molecule has 4 aromatic rings. The van der Waals surface area contributed by atoms with E-state index >= 15 is 0 Å². The Hall–Kier alpha value is -3.25. The molecule has 6 heteroatoms. The van der Waals surface area contributed by atoms with Gasteiger partial charge in [-0.3, -0.25) is 0 Å². The van der Waals surface area contributed by atoms with Crippen molar-refractivity contribution in [2.45, 2.75) is 44.1 Å². The van der Waals surface area contributed by atoms with Crippen molar-refractivity contribution in [3.8, 4) is 0 Å². The van der Waals surface area contributed by atoms with Gasteiger partial charge in [-0.05, 0) is 53.1 Å². The summed E-state index contributed by atoms with van der Waals surface area (Å²) in [6.45, 7) is 5.55. The summed E-state index contributed by atoms with van der Waals surface area (Å²) < 4.78 is 0. The molecule has 0 radical (unpaired) electrons. The highest BCUT2D eigenvalue weighted by atomic mass is 15.3. The number of aromatic amines is 1. The van der Waals surface area contributed by atoms with Crippen molar-refractivity contribution in [1.82, 2.24) is 25.7 Å². The maximum absolute atomic E-state index is 6.10. The number of nitrogens with zero attached hydrogens (tertiary/aromatic N) is 3. The summed E-state index contributed by atoms with van der Waals surface area (Å²) in [5, 5.41) is 15.1. The van der Waals surface area contributed by atoms with E-state index in [-0.39, 0.29) is 11.3 Å². The third kappa shape index (κ3) is 3.68. The molecule has 2 heterocycles. The van der Waals surface area contributed by atoms with E-state index in [9.17, 15) is 0 Å². The van der Waals surface area contributed by atoms with Crippen LogP contribution in [0.2, 0.25) is 0 Å². The molecule has 1 aliphatic carbocycles. The first-order chi connectivity index (χ1) is 15.0. The summed E-state index contributed by atoms with van der Waals surface area (Å²) in [5.41, 5.74) is 12.8. The fourth-order valence-electron chi connectivity index (χ4n) is 5.06. The predicted octanol–water partition coefficient (Wildman–Crippen LogP) is 4.47. The first-order valence-corrected chi connectivity index (χ1v) is 10.9. The van der Waals surface area contributed by atoms with Crippen LogP contribution in [0.3, 0.4) is 0 Å². The Morgan fingerprint density at radius 1 is 1.10 bits per heavy atom. The van der Waals surface area contributed by atoms with Gasteiger partial charge in [0.25, 0.3) is 0 Å². The molecule has 31 heavy (non-hydrogen) atoms. The van der Waals surface area contributed by atoms with Gasteiger partial charge in [0.15, 0.2) is 0 Å². The largest absolute Gasteiger partial charge is 0.384 e. The van der Waals surface area contributed by atoms with Gasteiger partial charge in [-0.2, -0.15) is 10.3 Å². The van der Waals surface area contributed by atoms with Crippen LogP contribution < -0.4 is 11.1 Å². The first-order valence-electron chi connectivity index (χ1n) is 10.9. The van der Waals surface area contributed by atoms with Gasteiger partial charge < -0.3 is 11.1 Å². The van der Waals surface area contributed by atoms with Crippen LogP contribution in [-0.4, -0.2) is 26.9 Å². The fraction of sp³-hybridized carbons (Fsp3) is 0.320. The second-order valence-corrected chi connectivity index (χ2v) is 9.07. The standard InChI is InChI=1S/C25H28N6/c1-25(2)15-21(18-10-6-7-11-20(18)25)27-13-12-17(16-8-4-3-5-9-16)19-14-22(26)28-24-23(19)29-31-30-24/h3-11,14,17,21,27H,12-13,15H2,1-2H3,(H3,26,28,29,30,31)/t17?,21-/m0/s1. The molecule has 2 aromatic carbocycles. The van der Waals surface area contributed by atoms with Gasteiger partial charge in [-0.1, -0.05) is 68.4 Å². The Kier molecular flexibility index (Phi) is 4.94. The molecule has 2 aromatic heterocycles. The van der Waals surface area contributed by atoms with Gasteiger partial charge in [0.1, 0.15) is 11.3 Å². The van der Waals surface area contributed by atoms with Crippen LogP contribution in [0.5, 0.6) is 0 Å². The van der Waals surface area contributed by atoms with Crippen LogP contribution in [0.15, 0.2) is 60.7 Å².